The van der Waals surface area contributed by atoms with Crippen LogP contribution in [0.3, 0.4) is 0 Å². The summed E-state index contributed by atoms with van der Waals surface area (Å²) in [6.07, 6.45) is 21.8. The van der Waals surface area contributed by atoms with Crippen molar-refractivity contribution in [3.8, 4) is 0 Å². The lowest BCUT2D eigenvalue weighted by molar-refractivity contribution is -0.124. The normalized spacial score (nSPS) is 15.0. The van der Waals surface area contributed by atoms with E-state index in [9.17, 15) is 9.59 Å². The van der Waals surface area contributed by atoms with Gasteiger partial charge in [-0.3, -0.25) is 9.59 Å². The topological polar surface area (TPSA) is 49.4 Å². The Hall–Kier alpha value is -4.44. The van der Waals surface area contributed by atoms with Crippen LogP contribution in [0.2, 0.25) is 0 Å². The first kappa shape index (κ1) is 40.0. The third kappa shape index (κ3) is 11.9. The van der Waals surface area contributed by atoms with Gasteiger partial charge in [-0.1, -0.05) is 158 Å². The number of Topliss-reactive ketones (excluding diaryl/α,β-unsaturated/α-hetero) is 1. The highest BCUT2D eigenvalue weighted by Gasteiger charge is 2.23. The highest BCUT2D eigenvalue weighted by molar-refractivity contribution is 5.98. The maximum absolute atomic E-state index is 13.0. The van der Waals surface area contributed by atoms with Crippen LogP contribution >= 0.6 is 0 Å². The Morgan fingerprint density at radius 3 is 1.94 bits per heavy atom. The van der Waals surface area contributed by atoms with Gasteiger partial charge < -0.3 is 10.2 Å². The fourth-order valence-corrected chi connectivity index (χ4v) is 6.10. The van der Waals surface area contributed by atoms with Crippen LogP contribution in [-0.4, -0.2) is 29.7 Å². The Bertz CT molecular complexity index is 1540. The number of nitrogens with zero attached hydrogens (tertiary/aromatic N) is 1. The van der Waals surface area contributed by atoms with Gasteiger partial charge in [-0.25, -0.2) is 0 Å². The molecule has 4 nitrogen and oxygen atoms in total. The Labute approximate surface area is 303 Å². The third-order valence-electron chi connectivity index (χ3n) is 8.71. The van der Waals surface area contributed by atoms with Crippen molar-refractivity contribution in [3.63, 3.8) is 0 Å². The van der Waals surface area contributed by atoms with Gasteiger partial charge in [0, 0.05) is 48.8 Å². The Morgan fingerprint density at radius 1 is 0.800 bits per heavy atom. The molecular weight excluding hydrogens is 613 g/mol. The number of fused-ring (bicyclic) bond motifs is 1. The van der Waals surface area contributed by atoms with Crippen molar-refractivity contribution < 1.29 is 9.59 Å². The fourth-order valence-electron chi connectivity index (χ4n) is 6.10. The molecule has 6 rings (SSSR count). The van der Waals surface area contributed by atoms with E-state index in [4.69, 9.17) is 0 Å². The van der Waals surface area contributed by atoms with E-state index in [1.807, 2.05) is 19.1 Å². The number of hydrogen-bond donors (Lipinski definition) is 1. The van der Waals surface area contributed by atoms with Gasteiger partial charge in [0.05, 0.1) is 0 Å². The molecule has 0 saturated heterocycles. The minimum absolute atomic E-state index is 0.0115. The van der Waals surface area contributed by atoms with E-state index in [0.717, 1.165) is 43.2 Å². The minimum atomic E-state index is -0.0115. The summed E-state index contributed by atoms with van der Waals surface area (Å²) in [5.74, 6) is 1.06. The molecular formula is C46H60N2O2. The second-order valence-electron chi connectivity index (χ2n) is 13.1. The summed E-state index contributed by atoms with van der Waals surface area (Å²) >= 11 is 0. The van der Waals surface area contributed by atoms with Gasteiger partial charge in [0.15, 0.2) is 0 Å². The van der Waals surface area contributed by atoms with Crippen molar-refractivity contribution in [2.24, 2.45) is 5.92 Å². The number of rotatable bonds is 10. The molecule has 1 N–H and O–H groups in total. The molecule has 50 heavy (non-hydrogen) atoms. The highest BCUT2D eigenvalue weighted by Crippen LogP contribution is 2.35. The molecule has 0 spiro atoms. The van der Waals surface area contributed by atoms with Gasteiger partial charge in [-0.15, -0.1) is 0 Å². The predicted molar refractivity (Wildman–Crippen MR) is 213 cm³/mol. The smallest absolute Gasteiger partial charge is 0.251 e. The van der Waals surface area contributed by atoms with Crippen LogP contribution in [0.5, 0.6) is 0 Å². The number of amides is 1. The molecule has 0 bridgehead atoms. The maximum Gasteiger partial charge on any atom is 0.251 e. The molecule has 266 valence electrons. The Kier molecular flexibility index (Phi) is 17.8. The number of ketones is 1. The summed E-state index contributed by atoms with van der Waals surface area (Å²) in [5.41, 5.74) is 7.96. The van der Waals surface area contributed by atoms with Crippen LogP contribution in [-0.2, 0) is 11.2 Å². The van der Waals surface area contributed by atoms with E-state index in [-0.39, 0.29) is 11.8 Å². The van der Waals surface area contributed by atoms with Crippen molar-refractivity contribution in [2.45, 2.75) is 98.8 Å². The third-order valence-corrected chi connectivity index (χ3v) is 8.71. The van der Waals surface area contributed by atoms with Crippen molar-refractivity contribution in [1.29, 1.82) is 0 Å². The minimum Gasteiger partial charge on any atom is -0.350 e. The number of carbonyl (C=O) groups excluding carboxylic acids is 2. The monoisotopic (exact) mass is 672 g/mol. The first-order valence-electron chi connectivity index (χ1n) is 19.0. The van der Waals surface area contributed by atoms with Crippen molar-refractivity contribution >= 4 is 17.8 Å². The molecule has 3 aromatic carbocycles. The van der Waals surface area contributed by atoms with Gasteiger partial charge in [0.25, 0.3) is 5.91 Å². The van der Waals surface area contributed by atoms with E-state index >= 15 is 0 Å². The molecule has 0 radical (unpaired) electrons. The molecule has 1 fully saturated rings. The molecule has 1 heterocycles. The molecule has 0 atom stereocenters. The highest BCUT2D eigenvalue weighted by atomic mass is 16.1. The number of allylic oxidation sites excluding steroid dienone is 5. The van der Waals surface area contributed by atoms with Gasteiger partial charge in [0.2, 0.25) is 0 Å². The van der Waals surface area contributed by atoms with Crippen molar-refractivity contribution in [1.82, 2.24) is 10.2 Å². The lowest BCUT2D eigenvalue weighted by Gasteiger charge is -2.30. The molecule has 0 unspecified atom stereocenters. The molecule has 0 aromatic heterocycles. The van der Waals surface area contributed by atoms with Gasteiger partial charge in [0.1, 0.15) is 5.78 Å². The van der Waals surface area contributed by atoms with E-state index in [1.54, 1.807) is 0 Å². The van der Waals surface area contributed by atoms with E-state index in [0.29, 0.717) is 24.8 Å². The molecule has 4 heteroatoms. The zero-order chi connectivity index (χ0) is 36.1. The fraction of sp³-hybridized carbons (Fsp3) is 0.391. The van der Waals surface area contributed by atoms with Crippen LogP contribution in [0.15, 0.2) is 121 Å². The second-order valence-corrected chi connectivity index (χ2v) is 13.1. The number of hydrogen-bond acceptors (Lipinski definition) is 3. The zero-order valence-corrected chi connectivity index (χ0v) is 31.5. The summed E-state index contributed by atoms with van der Waals surface area (Å²) in [5, 5.41) is 3.15. The molecule has 3 aromatic rings. The number of nitrogens with one attached hydrogen (secondary N) is 1. The Balaban J connectivity index is 0.000000407. The molecule has 1 saturated carbocycles. The van der Waals surface area contributed by atoms with Crippen LogP contribution in [0.4, 0.5) is 0 Å². The quantitative estimate of drug-likeness (QED) is 0.233. The van der Waals surface area contributed by atoms with Gasteiger partial charge in [-0.2, -0.15) is 0 Å². The SMILES string of the molecule is CC/C=C1/C=CC(C(c2ccccc2)c2ccccc2)=CN1CCNC(=O)c1cccc2c1C=CC2.CCC.CCC.CCC(=O)C1CCC1. The van der Waals surface area contributed by atoms with Crippen LogP contribution in [0.1, 0.15) is 125 Å². The summed E-state index contributed by atoms with van der Waals surface area (Å²) < 4.78 is 0. The van der Waals surface area contributed by atoms with Gasteiger partial charge in [-0.05, 0) is 65.7 Å². The van der Waals surface area contributed by atoms with E-state index < -0.39 is 0 Å². The maximum atomic E-state index is 13.0. The first-order chi connectivity index (χ1) is 24.4. The molecule has 1 aliphatic heterocycles. The largest absolute Gasteiger partial charge is 0.350 e. The Morgan fingerprint density at radius 2 is 1.42 bits per heavy atom. The van der Waals surface area contributed by atoms with E-state index in [2.05, 4.69) is 148 Å². The van der Waals surface area contributed by atoms with Crippen molar-refractivity contribution in [2.75, 3.05) is 13.1 Å². The summed E-state index contributed by atoms with van der Waals surface area (Å²) in [4.78, 5) is 26.1. The van der Waals surface area contributed by atoms with Crippen LogP contribution in [0.25, 0.3) is 6.08 Å². The molecule has 2 aliphatic carbocycles. The summed E-state index contributed by atoms with van der Waals surface area (Å²) in [6.45, 7) is 13.9. The van der Waals surface area contributed by atoms with Gasteiger partial charge >= 0.3 is 0 Å². The van der Waals surface area contributed by atoms with Crippen molar-refractivity contribution in [3.05, 3.63) is 148 Å². The number of benzene rings is 3. The summed E-state index contributed by atoms with van der Waals surface area (Å²) in [7, 11) is 0. The average molecular weight is 673 g/mol. The molecule has 1 amide bonds. The predicted octanol–water partition coefficient (Wildman–Crippen LogP) is 11.5. The second kappa shape index (κ2) is 22.3. The average Bonchev–Trinajstić information content (AvgIpc) is 3.60. The first-order valence-corrected chi connectivity index (χ1v) is 19.0. The van der Waals surface area contributed by atoms with Crippen LogP contribution in [0, 0.1) is 5.92 Å². The zero-order valence-electron chi connectivity index (χ0n) is 31.5. The van der Waals surface area contributed by atoms with Crippen LogP contribution < -0.4 is 5.32 Å². The summed E-state index contributed by atoms with van der Waals surface area (Å²) in [6, 6.07) is 27.3. The van der Waals surface area contributed by atoms with E-state index in [1.165, 1.54) is 47.2 Å². The standard InChI is InChI=1S/C33H32N2O.C7H12O.2C3H8/c1-2-11-29-21-20-28(32(26-12-5-3-6-13-26)27-14-7-4-8-15-27)24-35(29)23-22-34-33(36)31-19-10-17-25-16-9-18-30(25)31;1-2-7(8)6-4-3-5-6;2*1-3-2/h3-15,17-21,24,32H,2,16,22-23H2,1H3,(H,34,36);6H,2-5H2,1H3;2*3H2,1-2H3/b29-11-;;;. The lowest BCUT2D eigenvalue weighted by Crippen LogP contribution is -2.33. The molecule has 3 aliphatic rings. The number of carbonyl (C=O) groups is 2. The lowest BCUT2D eigenvalue weighted by atomic mass is 9.81.